The van der Waals surface area contributed by atoms with Gasteiger partial charge in [0.2, 0.25) is 0 Å². The lowest BCUT2D eigenvalue weighted by Crippen LogP contribution is -2.39. The second kappa shape index (κ2) is 9.50. The van der Waals surface area contributed by atoms with Crippen LogP contribution in [0.3, 0.4) is 0 Å². The van der Waals surface area contributed by atoms with Crippen LogP contribution in [0.15, 0.2) is 42.5 Å². The van der Waals surface area contributed by atoms with E-state index in [1.54, 1.807) is 21.9 Å². The second-order valence-electron chi connectivity index (χ2n) is 9.04. The molecule has 1 aliphatic heterocycles. The molecule has 3 rings (SSSR count). The summed E-state index contributed by atoms with van der Waals surface area (Å²) in [4.78, 5) is 28.8. The number of aryl methyl sites for hydroxylation is 1. The molecule has 0 radical (unpaired) electrons. The second-order valence-corrected chi connectivity index (χ2v) is 9.04. The Morgan fingerprint density at radius 1 is 1.00 bits per heavy atom. The Hall–Kier alpha value is -2.89. The van der Waals surface area contributed by atoms with Crippen molar-refractivity contribution in [2.45, 2.75) is 39.5 Å². The van der Waals surface area contributed by atoms with Crippen molar-refractivity contribution in [3.63, 3.8) is 0 Å². The van der Waals surface area contributed by atoms with Crippen LogP contribution in [0, 0.1) is 12.7 Å². The first-order valence-electron chi connectivity index (χ1n) is 10.7. The van der Waals surface area contributed by atoms with E-state index < -0.39 is 5.82 Å². The number of rotatable bonds is 4. The van der Waals surface area contributed by atoms with Gasteiger partial charge in [-0.05, 0) is 42.5 Å². The number of benzene rings is 2. The molecule has 6 heteroatoms. The molecule has 5 nitrogen and oxygen atoms in total. The lowest BCUT2D eigenvalue weighted by Gasteiger charge is -2.25. The molecule has 2 aromatic carbocycles. The Labute approximate surface area is 183 Å². The number of hydrogen-bond acceptors (Lipinski definition) is 3. The minimum atomic E-state index is -0.522. The summed E-state index contributed by atoms with van der Waals surface area (Å²) < 4.78 is 19.9. The van der Waals surface area contributed by atoms with E-state index in [1.165, 1.54) is 12.1 Å². The zero-order valence-electron chi connectivity index (χ0n) is 18.8. The summed E-state index contributed by atoms with van der Waals surface area (Å²) in [5.74, 6) is -0.248. The Bertz CT molecular complexity index is 952. The Morgan fingerprint density at radius 3 is 2.39 bits per heavy atom. The van der Waals surface area contributed by atoms with Crippen LogP contribution in [0.2, 0.25) is 0 Å². The molecular formula is C25H31FN2O3. The van der Waals surface area contributed by atoms with Gasteiger partial charge in [0.25, 0.3) is 11.8 Å². The van der Waals surface area contributed by atoms with Gasteiger partial charge in [-0.15, -0.1) is 0 Å². The van der Waals surface area contributed by atoms with Crippen LogP contribution in [-0.2, 0) is 10.2 Å². The molecule has 166 valence electrons. The number of carbonyl (C=O) groups excluding carboxylic acids is 2. The van der Waals surface area contributed by atoms with Crippen molar-refractivity contribution >= 4 is 11.8 Å². The third-order valence-electron chi connectivity index (χ3n) is 5.53. The van der Waals surface area contributed by atoms with Crippen LogP contribution in [-0.4, -0.2) is 54.4 Å². The zero-order chi connectivity index (χ0) is 22.6. The van der Waals surface area contributed by atoms with Gasteiger partial charge < -0.3 is 14.5 Å². The van der Waals surface area contributed by atoms with Gasteiger partial charge in [-0.1, -0.05) is 50.6 Å². The molecule has 1 aliphatic rings. The molecule has 0 bridgehead atoms. The van der Waals surface area contributed by atoms with Crippen LogP contribution in [0.5, 0.6) is 5.75 Å². The summed E-state index contributed by atoms with van der Waals surface area (Å²) in [6.07, 6.45) is 0.643. The van der Waals surface area contributed by atoms with E-state index in [9.17, 15) is 14.0 Å². The molecule has 2 amide bonds. The van der Waals surface area contributed by atoms with Gasteiger partial charge in [-0.3, -0.25) is 9.59 Å². The molecule has 2 aromatic rings. The lowest BCUT2D eigenvalue weighted by molar-refractivity contribution is -0.133. The first kappa shape index (κ1) is 22.8. The van der Waals surface area contributed by atoms with Crippen LogP contribution in [0.1, 0.15) is 48.7 Å². The Morgan fingerprint density at radius 2 is 1.68 bits per heavy atom. The highest BCUT2D eigenvalue weighted by Gasteiger charge is 2.25. The van der Waals surface area contributed by atoms with Crippen molar-refractivity contribution in [1.29, 1.82) is 0 Å². The third-order valence-corrected chi connectivity index (χ3v) is 5.53. The topological polar surface area (TPSA) is 49.9 Å². The molecule has 0 aromatic heterocycles. The molecule has 0 saturated carbocycles. The van der Waals surface area contributed by atoms with Crippen molar-refractivity contribution in [1.82, 2.24) is 9.80 Å². The fourth-order valence-corrected chi connectivity index (χ4v) is 3.76. The first-order chi connectivity index (χ1) is 14.7. The monoisotopic (exact) mass is 426 g/mol. The lowest BCUT2D eigenvalue weighted by atomic mass is 9.85. The third kappa shape index (κ3) is 5.63. The summed E-state index contributed by atoms with van der Waals surface area (Å²) in [6.45, 7) is 10.2. The van der Waals surface area contributed by atoms with E-state index >= 15 is 0 Å². The van der Waals surface area contributed by atoms with Crippen LogP contribution >= 0.6 is 0 Å². The van der Waals surface area contributed by atoms with Gasteiger partial charge in [0.05, 0.1) is 5.56 Å². The van der Waals surface area contributed by atoms with Gasteiger partial charge in [0.15, 0.2) is 6.61 Å². The maximum absolute atomic E-state index is 14.0. The summed E-state index contributed by atoms with van der Waals surface area (Å²) in [5.41, 5.74) is 2.19. The fourth-order valence-electron chi connectivity index (χ4n) is 3.76. The number of carbonyl (C=O) groups is 2. The average Bonchev–Trinajstić information content (AvgIpc) is 2.98. The van der Waals surface area contributed by atoms with Crippen molar-refractivity contribution in [2.75, 3.05) is 32.8 Å². The van der Waals surface area contributed by atoms with E-state index in [4.69, 9.17) is 4.74 Å². The molecular weight excluding hydrogens is 395 g/mol. The minimum absolute atomic E-state index is 0.0482. The molecule has 31 heavy (non-hydrogen) atoms. The standard InChI is InChI=1S/C25H31FN2O3/c1-18-10-11-22(20(16-18)25(2,3)4)31-17-23(29)27-12-7-13-28(15-14-27)24(30)19-8-5-6-9-21(19)26/h5-6,8-11,16H,7,12-15,17H2,1-4H3. The van der Waals surface area contributed by atoms with Gasteiger partial charge in [-0.2, -0.15) is 0 Å². The predicted molar refractivity (Wildman–Crippen MR) is 119 cm³/mol. The Balaban J connectivity index is 1.61. The Kier molecular flexibility index (Phi) is 6.98. The summed E-state index contributed by atoms with van der Waals surface area (Å²) in [7, 11) is 0. The van der Waals surface area contributed by atoms with Crippen molar-refractivity contribution in [3.8, 4) is 5.75 Å². The fraction of sp³-hybridized carbons (Fsp3) is 0.440. The highest BCUT2D eigenvalue weighted by atomic mass is 19.1. The maximum Gasteiger partial charge on any atom is 0.260 e. The van der Waals surface area contributed by atoms with Gasteiger partial charge in [-0.25, -0.2) is 4.39 Å². The number of nitrogens with zero attached hydrogens (tertiary/aromatic N) is 2. The molecule has 0 spiro atoms. The molecule has 0 unspecified atom stereocenters. The summed E-state index contributed by atoms with van der Waals surface area (Å²) >= 11 is 0. The van der Waals surface area contributed by atoms with Crippen molar-refractivity contribution in [2.24, 2.45) is 0 Å². The quantitative estimate of drug-likeness (QED) is 0.737. The molecule has 1 heterocycles. The predicted octanol–water partition coefficient (Wildman–Crippen LogP) is 4.19. The summed E-state index contributed by atoms with van der Waals surface area (Å²) in [6, 6.07) is 12.0. The van der Waals surface area contributed by atoms with E-state index in [0.29, 0.717) is 32.6 Å². The van der Waals surface area contributed by atoms with Crippen molar-refractivity contribution in [3.05, 3.63) is 65.0 Å². The maximum atomic E-state index is 14.0. The summed E-state index contributed by atoms with van der Waals surface area (Å²) in [5, 5.41) is 0. The van der Waals surface area contributed by atoms with Crippen molar-refractivity contribution < 1.29 is 18.7 Å². The molecule has 0 atom stereocenters. The van der Waals surface area contributed by atoms with Crippen LogP contribution in [0.4, 0.5) is 4.39 Å². The highest BCUT2D eigenvalue weighted by Crippen LogP contribution is 2.32. The van der Waals surface area contributed by atoms with E-state index in [0.717, 1.165) is 16.9 Å². The van der Waals surface area contributed by atoms with Gasteiger partial charge in [0, 0.05) is 26.2 Å². The number of amides is 2. The largest absolute Gasteiger partial charge is 0.483 e. The van der Waals surface area contributed by atoms with E-state index in [1.807, 2.05) is 19.1 Å². The van der Waals surface area contributed by atoms with Crippen LogP contribution in [0.25, 0.3) is 0 Å². The minimum Gasteiger partial charge on any atom is -0.483 e. The molecule has 1 saturated heterocycles. The zero-order valence-corrected chi connectivity index (χ0v) is 18.8. The SMILES string of the molecule is Cc1ccc(OCC(=O)N2CCCN(C(=O)c3ccccc3F)CC2)c(C(C)(C)C)c1. The van der Waals surface area contributed by atoms with Gasteiger partial charge >= 0.3 is 0 Å². The van der Waals surface area contributed by atoms with Gasteiger partial charge in [0.1, 0.15) is 11.6 Å². The average molecular weight is 427 g/mol. The number of hydrogen-bond donors (Lipinski definition) is 0. The first-order valence-corrected chi connectivity index (χ1v) is 10.7. The normalized spacial score (nSPS) is 14.9. The van der Waals surface area contributed by atoms with E-state index in [-0.39, 0.29) is 29.4 Å². The van der Waals surface area contributed by atoms with Crippen LogP contribution < -0.4 is 4.74 Å². The molecule has 0 N–H and O–H groups in total. The smallest absolute Gasteiger partial charge is 0.260 e. The van der Waals surface area contributed by atoms with E-state index in [2.05, 4.69) is 26.8 Å². The highest BCUT2D eigenvalue weighted by molar-refractivity contribution is 5.94. The number of halogens is 1. The molecule has 0 aliphatic carbocycles. The number of ether oxygens (including phenoxy) is 1. The molecule has 1 fully saturated rings.